The van der Waals surface area contributed by atoms with Gasteiger partial charge in [-0.15, -0.1) is 0 Å². The minimum Gasteiger partial charge on any atom is -0.394 e. The highest BCUT2D eigenvalue weighted by Gasteiger charge is 2.39. The van der Waals surface area contributed by atoms with Crippen LogP contribution in [0.5, 0.6) is 0 Å². The Morgan fingerprint density at radius 1 is 1.00 bits per heavy atom. The highest BCUT2D eigenvalue weighted by molar-refractivity contribution is 5.96. The number of primary amides is 1. The van der Waals surface area contributed by atoms with Gasteiger partial charge in [-0.3, -0.25) is 38.4 Å². The summed E-state index contributed by atoms with van der Waals surface area (Å²) in [4.78, 5) is 102. The average molecular weight is 768 g/mol. The van der Waals surface area contributed by atoms with Gasteiger partial charge in [-0.2, -0.15) is 0 Å². The average Bonchev–Trinajstić information content (AvgIpc) is 3.90. The molecule has 0 saturated carbocycles. The number of benzene rings is 1. The Morgan fingerprint density at radius 3 is 2.25 bits per heavy atom. The van der Waals surface area contributed by atoms with Crippen molar-refractivity contribution in [3.8, 4) is 0 Å². The van der Waals surface area contributed by atoms with Gasteiger partial charge in [0.2, 0.25) is 41.4 Å². The standard InChI is InChI=1S/C37H53N9O9/c1-21(2)14-25(41-36(54)28-12-9-13-45(28)22(3)48)33(51)40-26(15-24-18-39-20-46(24)37(4,5)17-23-10-7-6-8-11-23)34(52)42-27(19-47)35(53)43-31(32(38)50)29-16-30(49)44-55-29/h6-8,10-11,18,20-21,25-29,31,47H,9,12-17,19H2,1-5H3,(H2,38,50)(H,40,51)(H,41,54)(H,42,52)(H,43,53)(H,44,49). The Morgan fingerprint density at radius 2 is 1.65 bits per heavy atom. The van der Waals surface area contributed by atoms with Gasteiger partial charge in [0.1, 0.15) is 36.3 Å². The van der Waals surface area contributed by atoms with E-state index in [0.717, 1.165) is 5.56 Å². The second-order valence-electron chi connectivity index (χ2n) is 15.1. The van der Waals surface area contributed by atoms with Crippen LogP contribution in [0.1, 0.15) is 71.6 Å². The Balaban J connectivity index is 1.60. The largest absolute Gasteiger partial charge is 0.394 e. The number of likely N-dealkylation sites (tertiary alicyclic amines) is 1. The number of imidazole rings is 1. The SMILES string of the molecule is CC(=O)N1CCCC1C(=O)NC(CC(C)C)C(=O)NC(Cc1cncn1C(C)(C)Cc1ccccc1)C(=O)NC(CO)C(=O)NC(C(N)=O)C1CC(=O)NO1. The molecule has 0 radical (unpaired) electrons. The molecular formula is C37H53N9O9. The van der Waals surface area contributed by atoms with E-state index in [1.807, 2.05) is 62.6 Å². The summed E-state index contributed by atoms with van der Waals surface area (Å²) in [5, 5.41) is 20.5. The Kier molecular flexibility index (Phi) is 14.5. The van der Waals surface area contributed by atoms with Crippen molar-refractivity contribution in [2.45, 2.75) is 115 Å². The lowest BCUT2D eigenvalue weighted by Gasteiger charge is -2.31. The first-order chi connectivity index (χ1) is 26.0. The lowest BCUT2D eigenvalue weighted by molar-refractivity contribution is -0.139. The number of aliphatic hydroxyl groups is 1. The highest BCUT2D eigenvalue weighted by Crippen LogP contribution is 2.24. The van der Waals surface area contributed by atoms with Crippen LogP contribution in [0.25, 0.3) is 0 Å². The lowest BCUT2D eigenvalue weighted by atomic mass is 9.94. The number of nitrogens with zero attached hydrogens (tertiary/aromatic N) is 3. The van der Waals surface area contributed by atoms with Crippen molar-refractivity contribution in [1.29, 1.82) is 0 Å². The van der Waals surface area contributed by atoms with Gasteiger partial charge in [0.15, 0.2) is 0 Å². The van der Waals surface area contributed by atoms with Crippen molar-refractivity contribution in [3.05, 3.63) is 54.1 Å². The van der Waals surface area contributed by atoms with Crippen molar-refractivity contribution in [3.63, 3.8) is 0 Å². The van der Waals surface area contributed by atoms with Crippen molar-refractivity contribution in [1.82, 2.24) is 41.2 Å². The van der Waals surface area contributed by atoms with E-state index in [2.05, 4.69) is 31.7 Å². The molecule has 300 valence electrons. The quantitative estimate of drug-likeness (QED) is 0.0944. The number of aromatic nitrogens is 2. The summed E-state index contributed by atoms with van der Waals surface area (Å²) in [7, 11) is 0. The van der Waals surface area contributed by atoms with Crippen molar-refractivity contribution >= 4 is 41.4 Å². The van der Waals surface area contributed by atoms with Crippen LogP contribution in [0, 0.1) is 5.92 Å². The van der Waals surface area contributed by atoms with E-state index in [0.29, 0.717) is 31.5 Å². The van der Waals surface area contributed by atoms with Gasteiger partial charge >= 0.3 is 0 Å². The zero-order valence-electron chi connectivity index (χ0n) is 31.9. The summed E-state index contributed by atoms with van der Waals surface area (Å²) in [6.45, 7) is 8.63. The Bertz CT molecular complexity index is 1710. The first kappa shape index (κ1) is 42.4. The fourth-order valence-corrected chi connectivity index (χ4v) is 6.94. The molecule has 4 rings (SSSR count). The van der Waals surface area contributed by atoms with E-state index in [1.165, 1.54) is 11.8 Å². The number of carbonyl (C=O) groups excluding carboxylic acids is 7. The molecule has 18 heteroatoms. The van der Waals surface area contributed by atoms with E-state index in [9.17, 15) is 38.7 Å². The molecule has 2 fully saturated rings. The van der Waals surface area contributed by atoms with E-state index in [1.54, 1.807) is 12.5 Å². The Labute approximate surface area is 319 Å². The van der Waals surface area contributed by atoms with Crippen LogP contribution in [-0.2, 0) is 56.8 Å². The van der Waals surface area contributed by atoms with Crippen LogP contribution in [0.15, 0.2) is 42.9 Å². The second-order valence-corrected chi connectivity index (χ2v) is 15.1. The topological polar surface area (TPSA) is 256 Å². The minimum absolute atomic E-state index is 0.0639. The molecule has 2 aromatic rings. The van der Waals surface area contributed by atoms with E-state index in [-0.39, 0.29) is 31.1 Å². The molecule has 0 aliphatic carbocycles. The summed E-state index contributed by atoms with van der Waals surface area (Å²) in [5.74, 6) is -4.90. The molecule has 1 aromatic heterocycles. The van der Waals surface area contributed by atoms with Gasteiger partial charge in [0.05, 0.1) is 19.4 Å². The molecule has 7 amide bonds. The van der Waals surface area contributed by atoms with E-state index in [4.69, 9.17) is 10.6 Å². The Hall–Kier alpha value is -5.36. The zero-order valence-corrected chi connectivity index (χ0v) is 31.9. The maximum absolute atomic E-state index is 14.1. The van der Waals surface area contributed by atoms with E-state index >= 15 is 0 Å². The molecule has 0 bridgehead atoms. The second kappa shape index (κ2) is 18.8. The summed E-state index contributed by atoms with van der Waals surface area (Å²) in [6, 6.07) is 3.48. The molecule has 1 aromatic carbocycles. The monoisotopic (exact) mass is 767 g/mol. The number of aliphatic hydroxyl groups excluding tert-OH is 1. The van der Waals surface area contributed by atoms with Gasteiger partial charge in [0, 0.05) is 37.3 Å². The van der Waals surface area contributed by atoms with Crippen LogP contribution in [-0.4, -0.2) is 110 Å². The molecular weight excluding hydrogens is 714 g/mol. The number of hydrogen-bond donors (Lipinski definition) is 7. The van der Waals surface area contributed by atoms with Crippen LogP contribution in [0.2, 0.25) is 0 Å². The predicted octanol–water partition coefficient (Wildman–Crippen LogP) is -1.30. The highest BCUT2D eigenvalue weighted by atomic mass is 16.7. The van der Waals surface area contributed by atoms with Gasteiger partial charge in [-0.1, -0.05) is 44.2 Å². The maximum atomic E-state index is 14.1. The van der Waals surface area contributed by atoms with Crippen molar-refractivity contribution < 1.29 is 43.5 Å². The van der Waals surface area contributed by atoms with Gasteiger partial charge in [-0.25, -0.2) is 10.5 Å². The number of amides is 7. The molecule has 3 heterocycles. The number of nitrogens with one attached hydrogen (secondary N) is 5. The first-order valence-corrected chi connectivity index (χ1v) is 18.4. The first-order valence-electron chi connectivity index (χ1n) is 18.4. The third-order valence-electron chi connectivity index (χ3n) is 9.70. The number of hydroxylamine groups is 1. The summed E-state index contributed by atoms with van der Waals surface area (Å²) in [6.07, 6.45) is 3.55. The summed E-state index contributed by atoms with van der Waals surface area (Å²) in [5.41, 5.74) is 8.61. The molecule has 18 nitrogen and oxygen atoms in total. The number of nitrogens with two attached hydrogens (primary N) is 1. The maximum Gasteiger partial charge on any atom is 0.246 e. The van der Waals surface area contributed by atoms with Crippen LogP contribution in [0.3, 0.4) is 0 Å². The number of rotatable bonds is 18. The lowest BCUT2D eigenvalue weighted by Crippen LogP contribution is -2.61. The molecule has 8 N–H and O–H groups in total. The molecule has 55 heavy (non-hydrogen) atoms. The van der Waals surface area contributed by atoms with E-state index < -0.39 is 83.9 Å². The summed E-state index contributed by atoms with van der Waals surface area (Å²) >= 11 is 0. The minimum atomic E-state index is -1.62. The third kappa shape index (κ3) is 11.3. The third-order valence-corrected chi connectivity index (χ3v) is 9.70. The molecule has 6 unspecified atom stereocenters. The van der Waals surface area contributed by atoms with Crippen LogP contribution in [0.4, 0.5) is 0 Å². The van der Waals surface area contributed by atoms with Crippen molar-refractivity contribution in [2.24, 2.45) is 11.7 Å². The number of carbonyl (C=O) groups is 7. The van der Waals surface area contributed by atoms with Gasteiger partial charge in [0.25, 0.3) is 0 Å². The fourth-order valence-electron chi connectivity index (χ4n) is 6.94. The molecule has 2 saturated heterocycles. The predicted molar refractivity (Wildman–Crippen MR) is 197 cm³/mol. The van der Waals surface area contributed by atoms with Gasteiger partial charge < -0.3 is 41.6 Å². The van der Waals surface area contributed by atoms with Gasteiger partial charge in [-0.05, 0) is 51.0 Å². The molecule has 0 spiro atoms. The molecule has 2 aliphatic rings. The molecule has 6 atom stereocenters. The summed E-state index contributed by atoms with van der Waals surface area (Å²) < 4.78 is 1.89. The zero-order chi connectivity index (χ0) is 40.4. The smallest absolute Gasteiger partial charge is 0.246 e. The fraction of sp³-hybridized carbons (Fsp3) is 0.568. The normalized spacial score (nSPS) is 19.2. The molecule has 2 aliphatic heterocycles. The van der Waals surface area contributed by atoms with Crippen molar-refractivity contribution in [2.75, 3.05) is 13.2 Å². The van der Waals surface area contributed by atoms with Crippen LogP contribution >= 0.6 is 0 Å². The van der Waals surface area contributed by atoms with Crippen LogP contribution < -0.4 is 32.5 Å². The number of hydrogen-bond acceptors (Lipinski definition) is 10.